The van der Waals surface area contributed by atoms with Gasteiger partial charge in [0.25, 0.3) is 0 Å². The average molecular weight is 273 g/mol. The van der Waals surface area contributed by atoms with Crippen LogP contribution in [0.2, 0.25) is 0 Å². The van der Waals surface area contributed by atoms with Crippen LogP contribution >= 0.6 is 0 Å². The van der Waals surface area contributed by atoms with Crippen LogP contribution in [-0.2, 0) is 11.3 Å². The molecule has 1 heterocycles. The molecule has 1 aromatic carbocycles. The molecule has 2 rings (SSSR count). The van der Waals surface area contributed by atoms with Gasteiger partial charge in [0, 0.05) is 24.1 Å². The first-order chi connectivity index (χ1) is 9.70. The Morgan fingerprint density at radius 2 is 2.05 bits per heavy atom. The summed E-state index contributed by atoms with van der Waals surface area (Å²) < 4.78 is 10.5. The van der Waals surface area contributed by atoms with Crippen LogP contribution in [0.1, 0.15) is 23.1 Å². The lowest BCUT2D eigenvalue weighted by atomic mass is 10.2. The lowest BCUT2D eigenvalue weighted by Crippen LogP contribution is -2.09. The maximum absolute atomic E-state index is 11.8. The third-order valence-corrected chi connectivity index (χ3v) is 2.48. The summed E-state index contributed by atoms with van der Waals surface area (Å²) in [5, 5.41) is 0. The number of nitrogens with zero attached hydrogens (tertiary/aromatic N) is 2. The fourth-order valence-corrected chi connectivity index (χ4v) is 1.58. The first-order valence-electron chi connectivity index (χ1n) is 6.16. The van der Waals surface area contributed by atoms with Crippen molar-refractivity contribution in [3.05, 3.63) is 48.0 Å². The second-order valence-electron chi connectivity index (χ2n) is 3.93. The third kappa shape index (κ3) is 3.44. The van der Waals surface area contributed by atoms with Gasteiger partial charge in [-0.05, 0) is 25.1 Å². The van der Waals surface area contributed by atoms with Crippen LogP contribution in [0.3, 0.4) is 0 Å². The van der Waals surface area contributed by atoms with Crippen molar-refractivity contribution in [2.45, 2.75) is 13.5 Å². The largest absolute Gasteiger partial charge is 0.485 e. The van der Waals surface area contributed by atoms with Gasteiger partial charge in [-0.25, -0.2) is 14.8 Å². The van der Waals surface area contributed by atoms with E-state index in [0.717, 1.165) is 0 Å². The monoisotopic (exact) mass is 273 g/mol. The van der Waals surface area contributed by atoms with Crippen LogP contribution < -0.4 is 10.5 Å². The van der Waals surface area contributed by atoms with Gasteiger partial charge in [-0.3, -0.25) is 0 Å². The zero-order valence-electron chi connectivity index (χ0n) is 11.1. The molecule has 2 N–H and O–H groups in total. The van der Waals surface area contributed by atoms with E-state index in [1.807, 2.05) is 0 Å². The number of nitrogens with two attached hydrogens (primary N) is 1. The Bertz CT molecular complexity index is 587. The summed E-state index contributed by atoms with van der Waals surface area (Å²) >= 11 is 0. The van der Waals surface area contributed by atoms with Gasteiger partial charge in [-0.15, -0.1) is 0 Å². The maximum atomic E-state index is 11.8. The van der Waals surface area contributed by atoms with Crippen molar-refractivity contribution in [2.24, 2.45) is 0 Å². The summed E-state index contributed by atoms with van der Waals surface area (Å²) in [7, 11) is 0. The van der Waals surface area contributed by atoms with Crippen molar-refractivity contribution in [3.63, 3.8) is 0 Å². The van der Waals surface area contributed by atoms with E-state index in [9.17, 15) is 4.79 Å². The summed E-state index contributed by atoms with van der Waals surface area (Å²) in [5.74, 6) is 0.428. The lowest BCUT2D eigenvalue weighted by Gasteiger charge is -2.11. The number of rotatable bonds is 5. The fraction of sp³-hybridized carbons (Fsp3) is 0.214. The Hall–Kier alpha value is -2.63. The lowest BCUT2D eigenvalue weighted by molar-refractivity contribution is 0.0521. The van der Waals surface area contributed by atoms with Crippen LogP contribution in [0.15, 0.2) is 36.7 Å². The van der Waals surface area contributed by atoms with Crippen LogP contribution in [0.5, 0.6) is 5.75 Å². The molecule has 0 aliphatic carbocycles. The second-order valence-corrected chi connectivity index (χ2v) is 3.93. The number of benzene rings is 1. The number of hydrogen-bond donors (Lipinski definition) is 1. The second kappa shape index (κ2) is 6.51. The van der Waals surface area contributed by atoms with Gasteiger partial charge in [0.2, 0.25) is 0 Å². The Kier molecular flexibility index (Phi) is 4.49. The standard InChI is InChI=1S/C14H15N3O3/c1-2-19-14(18)11-5-4-10(15)8-12(11)20-9-13-16-6-3-7-17-13/h3-8H,2,9,15H2,1H3. The Labute approximate surface area is 116 Å². The molecule has 0 atom stereocenters. The van der Waals surface area contributed by atoms with Crippen LogP contribution in [0, 0.1) is 0 Å². The molecule has 6 nitrogen and oxygen atoms in total. The van der Waals surface area contributed by atoms with Gasteiger partial charge in [0.15, 0.2) is 5.82 Å². The minimum absolute atomic E-state index is 0.150. The van der Waals surface area contributed by atoms with Gasteiger partial charge < -0.3 is 15.2 Å². The van der Waals surface area contributed by atoms with E-state index >= 15 is 0 Å². The van der Waals surface area contributed by atoms with Crippen molar-refractivity contribution in [1.29, 1.82) is 0 Å². The van der Waals surface area contributed by atoms with Crippen molar-refractivity contribution in [1.82, 2.24) is 9.97 Å². The molecule has 20 heavy (non-hydrogen) atoms. The molecule has 6 heteroatoms. The number of esters is 1. The first kappa shape index (κ1) is 13.8. The molecule has 0 radical (unpaired) electrons. The molecule has 2 aromatic rings. The molecule has 0 unspecified atom stereocenters. The van der Waals surface area contributed by atoms with E-state index in [2.05, 4.69) is 9.97 Å². The molecule has 0 spiro atoms. The van der Waals surface area contributed by atoms with Crippen molar-refractivity contribution < 1.29 is 14.3 Å². The zero-order valence-corrected chi connectivity index (χ0v) is 11.1. The van der Waals surface area contributed by atoms with Crippen LogP contribution in [-0.4, -0.2) is 22.5 Å². The number of aromatic nitrogens is 2. The maximum Gasteiger partial charge on any atom is 0.341 e. The number of anilines is 1. The van der Waals surface area contributed by atoms with Gasteiger partial charge in [0.1, 0.15) is 17.9 Å². The number of ether oxygens (including phenoxy) is 2. The van der Waals surface area contributed by atoms with E-state index in [4.69, 9.17) is 15.2 Å². The Morgan fingerprint density at radius 1 is 1.30 bits per heavy atom. The Morgan fingerprint density at radius 3 is 2.75 bits per heavy atom. The smallest absolute Gasteiger partial charge is 0.341 e. The van der Waals surface area contributed by atoms with Gasteiger partial charge in [-0.2, -0.15) is 0 Å². The number of carbonyl (C=O) groups is 1. The van der Waals surface area contributed by atoms with Gasteiger partial charge in [-0.1, -0.05) is 0 Å². The molecular formula is C14H15N3O3. The topological polar surface area (TPSA) is 87.3 Å². The molecule has 0 fully saturated rings. The summed E-state index contributed by atoms with van der Waals surface area (Å²) in [6.45, 7) is 2.19. The van der Waals surface area contributed by atoms with Gasteiger partial charge in [0.05, 0.1) is 6.61 Å². The van der Waals surface area contributed by atoms with E-state index in [1.54, 1.807) is 43.6 Å². The summed E-state index contributed by atoms with van der Waals surface area (Å²) in [6.07, 6.45) is 3.24. The molecule has 0 aliphatic heterocycles. The molecule has 1 aromatic heterocycles. The van der Waals surface area contributed by atoms with Gasteiger partial charge >= 0.3 is 5.97 Å². The highest BCUT2D eigenvalue weighted by molar-refractivity contribution is 5.93. The quantitative estimate of drug-likeness (QED) is 0.660. The zero-order chi connectivity index (χ0) is 14.4. The summed E-state index contributed by atoms with van der Waals surface area (Å²) in [5.41, 5.74) is 6.54. The molecule has 0 saturated heterocycles. The number of carbonyl (C=O) groups excluding carboxylic acids is 1. The van der Waals surface area contributed by atoms with E-state index in [-0.39, 0.29) is 6.61 Å². The minimum atomic E-state index is -0.448. The Balaban J connectivity index is 2.17. The molecule has 104 valence electrons. The summed E-state index contributed by atoms with van der Waals surface area (Å²) in [6, 6.07) is 6.50. The van der Waals surface area contributed by atoms with E-state index in [1.165, 1.54) is 0 Å². The predicted molar refractivity (Wildman–Crippen MR) is 73.2 cm³/mol. The van der Waals surface area contributed by atoms with Crippen LogP contribution in [0.4, 0.5) is 5.69 Å². The molecule has 0 amide bonds. The fourth-order valence-electron chi connectivity index (χ4n) is 1.58. The minimum Gasteiger partial charge on any atom is -0.485 e. The average Bonchev–Trinajstić information content (AvgIpc) is 2.46. The molecular weight excluding hydrogens is 258 g/mol. The summed E-state index contributed by atoms with van der Waals surface area (Å²) in [4.78, 5) is 19.9. The third-order valence-electron chi connectivity index (χ3n) is 2.48. The van der Waals surface area contributed by atoms with Crippen LogP contribution in [0.25, 0.3) is 0 Å². The van der Waals surface area contributed by atoms with Crippen molar-refractivity contribution in [3.8, 4) is 5.75 Å². The van der Waals surface area contributed by atoms with Crippen molar-refractivity contribution >= 4 is 11.7 Å². The van der Waals surface area contributed by atoms with E-state index < -0.39 is 5.97 Å². The number of nitrogen functional groups attached to an aromatic ring is 1. The highest BCUT2D eigenvalue weighted by atomic mass is 16.5. The molecule has 0 aliphatic rings. The van der Waals surface area contributed by atoms with Crippen molar-refractivity contribution in [2.75, 3.05) is 12.3 Å². The number of hydrogen-bond acceptors (Lipinski definition) is 6. The first-order valence-corrected chi connectivity index (χ1v) is 6.16. The normalized spacial score (nSPS) is 10.1. The molecule has 0 bridgehead atoms. The highest BCUT2D eigenvalue weighted by Crippen LogP contribution is 2.23. The van der Waals surface area contributed by atoms with E-state index in [0.29, 0.717) is 29.4 Å². The highest BCUT2D eigenvalue weighted by Gasteiger charge is 2.14. The SMILES string of the molecule is CCOC(=O)c1ccc(N)cc1OCc1ncccn1. The predicted octanol–water partition coefficient (Wildman–Crippen LogP) is 1.81. The molecule has 0 saturated carbocycles.